The van der Waals surface area contributed by atoms with Gasteiger partial charge < -0.3 is 9.47 Å². The summed E-state index contributed by atoms with van der Waals surface area (Å²) in [7, 11) is 0. The summed E-state index contributed by atoms with van der Waals surface area (Å²) in [5.41, 5.74) is 1.17. The Kier molecular flexibility index (Phi) is 6.66. The molecule has 0 heterocycles. The number of ether oxygens (including phenoxy) is 2. The van der Waals surface area contributed by atoms with Gasteiger partial charge in [0.25, 0.3) is 0 Å². The Labute approximate surface area is 127 Å². The van der Waals surface area contributed by atoms with Crippen molar-refractivity contribution in [3.05, 3.63) is 67.1 Å². The van der Waals surface area contributed by atoms with E-state index >= 15 is 0 Å². The molecule has 2 aromatic carbocycles. The smallest absolute Gasteiger partial charge is 0.120 e. The molecule has 21 heavy (non-hydrogen) atoms. The van der Waals surface area contributed by atoms with Gasteiger partial charge in [0, 0.05) is 0 Å². The number of unbranched alkanes of at least 4 members (excludes halogenated alkanes) is 3. The minimum absolute atomic E-state index is 0.589. The third-order valence-electron chi connectivity index (χ3n) is 3.24. The van der Waals surface area contributed by atoms with Gasteiger partial charge in [0.05, 0.1) is 6.61 Å². The van der Waals surface area contributed by atoms with Crippen LogP contribution in [0.3, 0.4) is 0 Å². The first-order valence-corrected chi connectivity index (χ1v) is 7.57. The zero-order chi connectivity index (χ0) is 14.8. The van der Waals surface area contributed by atoms with E-state index in [1.54, 1.807) is 0 Å². The molecule has 0 unspecified atom stereocenters. The highest BCUT2D eigenvalue weighted by Gasteiger charge is 1.98. The van der Waals surface area contributed by atoms with Crippen molar-refractivity contribution >= 4 is 0 Å². The van der Waals surface area contributed by atoms with Crippen molar-refractivity contribution in [2.75, 3.05) is 6.61 Å². The second kappa shape index (κ2) is 9.06. The molecule has 2 rings (SSSR count). The molecule has 0 aromatic heterocycles. The van der Waals surface area contributed by atoms with Crippen LogP contribution in [0.1, 0.15) is 31.2 Å². The van der Waals surface area contributed by atoms with E-state index < -0.39 is 0 Å². The van der Waals surface area contributed by atoms with E-state index in [1.165, 1.54) is 18.4 Å². The highest BCUT2D eigenvalue weighted by atomic mass is 16.5. The average Bonchev–Trinajstić information content (AvgIpc) is 2.55. The maximum Gasteiger partial charge on any atom is 0.120 e. The summed E-state index contributed by atoms with van der Waals surface area (Å²) in [6.45, 7) is 5.19. The Hall–Kier alpha value is -1.96. The Balaban J connectivity index is 1.71. The normalized spacial score (nSPS) is 10.3. The quantitative estimate of drug-likeness (QED) is 0.600. The van der Waals surface area contributed by atoms with Gasteiger partial charge in [0.15, 0.2) is 0 Å². The first kappa shape index (κ1) is 15.4. The lowest BCUT2D eigenvalue weighted by atomic mass is 10.2. The van der Waals surface area contributed by atoms with Gasteiger partial charge >= 0.3 is 0 Å². The molecule has 0 N–H and O–H groups in total. The maximum absolute atomic E-state index is 5.74. The van der Waals surface area contributed by atoms with Gasteiger partial charge in [-0.2, -0.15) is 0 Å². The van der Waals surface area contributed by atoms with Gasteiger partial charge in [-0.25, -0.2) is 0 Å². The summed E-state index contributed by atoms with van der Waals surface area (Å²) in [6, 6.07) is 18.0. The van der Waals surface area contributed by atoms with Crippen molar-refractivity contribution in [1.29, 1.82) is 0 Å². The van der Waals surface area contributed by atoms with Crippen molar-refractivity contribution in [2.45, 2.75) is 32.3 Å². The van der Waals surface area contributed by atoms with Crippen LogP contribution in [0.5, 0.6) is 11.5 Å². The summed E-state index contributed by atoms with van der Waals surface area (Å²) < 4.78 is 11.4. The summed E-state index contributed by atoms with van der Waals surface area (Å²) in [5, 5.41) is 0. The lowest BCUT2D eigenvalue weighted by Crippen LogP contribution is -1.98. The average molecular weight is 283 g/mol. The van der Waals surface area contributed by atoms with Crippen LogP contribution in [-0.4, -0.2) is 6.61 Å². The van der Waals surface area contributed by atoms with Gasteiger partial charge in [0.2, 0.25) is 0 Å². The largest absolute Gasteiger partial charge is 0.494 e. The summed E-state index contributed by atoms with van der Waals surface area (Å²) in [5.74, 6) is 1.76. The SMILES string of the molecule is [CH2]CCCCCOc1ccc(OCc2ccccc2)cc1. The molecule has 0 amide bonds. The zero-order valence-corrected chi connectivity index (χ0v) is 12.5. The third-order valence-corrected chi connectivity index (χ3v) is 3.24. The highest BCUT2D eigenvalue weighted by molar-refractivity contribution is 5.31. The fourth-order valence-electron chi connectivity index (χ4n) is 2.02. The molecule has 2 nitrogen and oxygen atoms in total. The fraction of sp³-hybridized carbons (Fsp3) is 0.316. The van der Waals surface area contributed by atoms with Crippen molar-refractivity contribution in [2.24, 2.45) is 0 Å². The van der Waals surface area contributed by atoms with Crippen LogP contribution in [-0.2, 0) is 6.61 Å². The van der Waals surface area contributed by atoms with E-state index in [4.69, 9.17) is 9.47 Å². The molecule has 0 aliphatic rings. The predicted molar refractivity (Wildman–Crippen MR) is 86.5 cm³/mol. The van der Waals surface area contributed by atoms with Crippen LogP contribution in [0.25, 0.3) is 0 Å². The van der Waals surface area contributed by atoms with Crippen molar-refractivity contribution in [3.8, 4) is 11.5 Å². The van der Waals surface area contributed by atoms with E-state index in [0.717, 1.165) is 30.9 Å². The molecule has 2 heteroatoms. The molecule has 0 atom stereocenters. The van der Waals surface area contributed by atoms with E-state index in [0.29, 0.717) is 6.61 Å². The summed E-state index contributed by atoms with van der Waals surface area (Å²) in [6.07, 6.45) is 4.45. The lowest BCUT2D eigenvalue weighted by molar-refractivity contribution is 0.297. The molecular weight excluding hydrogens is 260 g/mol. The standard InChI is InChI=1S/C19H23O2/c1-2-3-4-8-15-20-18-11-13-19(14-12-18)21-16-17-9-6-5-7-10-17/h5-7,9-14H,1-4,8,15-16H2. The topological polar surface area (TPSA) is 18.5 Å². The minimum Gasteiger partial charge on any atom is -0.494 e. The van der Waals surface area contributed by atoms with Crippen LogP contribution in [0.4, 0.5) is 0 Å². The van der Waals surface area contributed by atoms with E-state index in [2.05, 4.69) is 19.1 Å². The molecule has 0 spiro atoms. The second-order valence-corrected chi connectivity index (χ2v) is 5.01. The Morgan fingerprint density at radius 2 is 1.38 bits per heavy atom. The van der Waals surface area contributed by atoms with Crippen LogP contribution >= 0.6 is 0 Å². The Morgan fingerprint density at radius 3 is 2.05 bits per heavy atom. The van der Waals surface area contributed by atoms with E-state index in [-0.39, 0.29) is 0 Å². The molecule has 1 radical (unpaired) electrons. The molecule has 0 bridgehead atoms. The van der Waals surface area contributed by atoms with Gasteiger partial charge in [-0.15, -0.1) is 0 Å². The zero-order valence-electron chi connectivity index (χ0n) is 12.5. The Bertz CT molecular complexity index is 491. The predicted octanol–water partition coefficient (Wildman–Crippen LogP) is 5.04. The highest BCUT2D eigenvalue weighted by Crippen LogP contribution is 2.19. The van der Waals surface area contributed by atoms with Gasteiger partial charge in [-0.1, -0.05) is 56.5 Å². The fourth-order valence-corrected chi connectivity index (χ4v) is 2.02. The Morgan fingerprint density at radius 1 is 0.714 bits per heavy atom. The van der Waals surface area contributed by atoms with E-state index in [9.17, 15) is 0 Å². The van der Waals surface area contributed by atoms with Crippen molar-refractivity contribution in [3.63, 3.8) is 0 Å². The molecule has 2 aromatic rings. The number of rotatable bonds is 9. The second-order valence-electron chi connectivity index (χ2n) is 5.01. The summed E-state index contributed by atoms with van der Waals surface area (Å²) >= 11 is 0. The van der Waals surface area contributed by atoms with Crippen LogP contribution in [0.15, 0.2) is 54.6 Å². The number of benzene rings is 2. The molecule has 0 aliphatic carbocycles. The third kappa shape index (κ3) is 5.90. The van der Waals surface area contributed by atoms with Crippen molar-refractivity contribution < 1.29 is 9.47 Å². The van der Waals surface area contributed by atoms with E-state index in [1.807, 2.05) is 42.5 Å². The van der Waals surface area contributed by atoms with Crippen LogP contribution in [0, 0.1) is 6.92 Å². The molecule has 111 valence electrons. The monoisotopic (exact) mass is 283 g/mol. The minimum atomic E-state index is 0.589. The number of hydrogen-bond acceptors (Lipinski definition) is 2. The first-order valence-electron chi connectivity index (χ1n) is 7.57. The molecular formula is C19H23O2. The van der Waals surface area contributed by atoms with Gasteiger partial charge in [0.1, 0.15) is 18.1 Å². The molecule has 0 saturated heterocycles. The number of hydrogen-bond donors (Lipinski definition) is 0. The lowest BCUT2D eigenvalue weighted by Gasteiger charge is -2.09. The molecule has 0 fully saturated rings. The van der Waals surface area contributed by atoms with Gasteiger partial charge in [-0.05, 0) is 36.2 Å². The van der Waals surface area contributed by atoms with Gasteiger partial charge in [-0.3, -0.25) is 0 Å². The van der Waals surface area contributed by atoms with Crippen LogP contribution < -0.4 is 9.47 Å². The van der Waals surface area contributed by atoms with Crippen LogP contribution in [0.2, 0.25) is 0 Å². The summed E-state index contributed by atoms with van der Waals surface area (Å²) in [4.78, 5) is 0. The molecule has 0 aliphatic heterocycles. The maximum atomic E-state index is 5.74. The first-order chi connectivity index (χ1) is 10.4. The van der Waals surface area contributed by atoms with Crippen molar-refractivity contribution in [1.82, 2.24) is 0 Å². The molecule has 0 saturated carbocycles.